The second-order valence-electron chi connectivity index (χ2n) is 4.94. The van der Waals surface area contributed by atoms with E-state index in [0.717, 1.165) is 12.8 Å². The number of amides is 1. The third-order valence-corrected chi connectivity index (χ3v) is 3.44. The molecule has 0 radical (unpaired) electrons. The zero-order valence-corrected chi connectivity index (χ0v) is 11.3. The Hall–Kier alpha value is -2.43. The lowest BCUT2D eigenvalue weighted by Crippen LogP contribution is -2.16. The number of aromatic nitrogens is 1. The van der Waals surface area contributed by atoms with Crippen LogP contribution < -0.4 is 15.8 Å². The maximum Gasteiger partial charge on any atom is 0.272 e. The highest BCUT2D eigenvalue weighted by Gasteiger charge is 2.26. The summed E-state index contributed by atoms with van der Waals surface area (Å²) >= 11 is 0. The molecule has 3 rings (SSSR count). The van der Waals surface area contributed by atoms with Crippen LogP contribution in [-0.2, 0) is 0 Å². The number of carbonyl (C=O) groups is 1. The normalized spacial score (nSPS) is 14.1. The van der Waals surface area contributed by atoms with E-state index in [-0.39, 0.29) is 5.91 Å². The Kier molecular flexibility index (Phi) is 3.10. The number of nitrogens with two attached hydrogens (primary N) is 1. The number of nitrogens with zero attached hydrogens (tertiary/aromatic N) is 1. The maximum atomic E-state index is 12.3. The van der Waals surface area contributed by atoms with Gasteiger partial charge in [-0.15, -0.1) is 0 Å². The van der Waals surface area contributed by atoms with Gasteiger partial charge in [0.25, 0.3) is 5.91 Å². The Labute approximate surface area is 117 Å². The van der Waals surface area contributed by atoms with E-state index in [1.807, 2.05) is 22.9 Å². The van der Waals surface area contributed by atoms with Crippen LogP contribution in [0.4, 0.5) is 11.4 Å². The first kappa shape index (κ1) is 12.6. The van der Waals surface area contributed by atoms with Gasteiger partial charge in [-0.3, -0.25) is 4.79 Å². The molecular weight excluding hydrogens is 254 g/mol. The molecule has 1 fully saturated rings. The van der Waals surface area contributed by atoms with Gasteiger partial charge >= 0.3 is 0 Å². The molecule has 1 amide bonds. The van der Waals surface area contributed by atoms with Gasteiger partial charge in [-0.25, -0.2) is 0 Å². The van der Waals surface area contributed by atoms with Gasteiger partial charge in [0, 0.05) is 17.9 Å². The van der Waals surface area contributed by atoms with Crippen LogP contribution >= 0.6 is 0 Å². The topological polar surface area (TPSA) is 69.3 Å². The van der Waals surface area contributed by atoms with Gasteiger partial charge in [-0.05, 0) is 43.2 Å². The first-order chi connectivity index (χ1) is 9.69. The Morgan fingerprint density at radius 1 is 1.40 bits per heavy atom. The van der Waals surface area contributed by atoms with Gasteiger partial charge in [0.05, 0.1) is 12.8 Å². The van der Waals surface area contributed by atoms with E-state index < -0.39 is 0 Å². The number of carbonyl (C=O) groups excluding carboxylic acids is 1. The van der Waals surface area contributed by atoms with Crippen molar-refractivity contribution in [2.75, 3.05) is 18.2 Å². The molecule has 1 aromatic carbocycles. The van der Waals surface area contributed by atoms with E-state index >= 15 is 0 Å². The van der Waals surface area contributed by atoms with Crippen LogP contribution in [0.25, 0.3) is 0 Å². The van der Waals surface area contributed by atoms with Crippen molar-refractivity contribution in [3.05, 3.63) is 42.2 Å². The largest absolute Gasteiger partial charge is 0.495 e. The predicted molar refractivity (Wildman–Crippen MR) is 78.1 cm³/mol. The fourth-order valence-electron chi connectivity index (χ4n) is 2.26. The van der Waals surface area contributed by atoms with Crippen LogP contribution in [0.2, 0.25) is 0 Å². The molecule has 1 heterocycles. The van der Waals surface area contributed by atoms with Crippen LogP contribution in [0.3, 0.4) is 0 Å². The van der Waals surface area contributed by atoms with Crippen molar-refractivity contribution in [2.24, 2.45) is 0 Å². The fraction of sp³-hybridized carbons (Fsp3) is 0.267. The highest BCUT2D eigenvalue weighted by Crippen LogP contribution is 2.36. The zero-order valence-electron chi connectivity index (χ0n) is 11.3. The van der Waals surface area contributed by atoms with E-state index in [9.17, 15) is 4.79 Å². The Balaban J connectivity index is 1.78. The number of hydrogen-bond acceptors (Lipinski definition) is 3. The average molecular weight is 271 g/mol. The minimum atomic E-state index is -0.119. The molecule has 2 aromatic rings. The van der Waals surface area contributed by atoms with Crippen molar-refractivity contribution in [1.82, 2.24) is 4.57 Å². The smallest absolute Gasteiger partial charge is 0.272 e. The molecule has 0 spiro atoms. The standard InChI is InChI=1S/C15H17N3O2/c1-20-14-7-4-10(9-12(14)16)17-15(19)13-3-2-8-18(13)11-5-6-11/h2-4,7-9,11H,5-6,16H2,1H3,(H,17,19). The van der Waals surface area contributed by atoms with Crippen molar-refractivity contribution in [3.8, 4) is 5.75 Å². The predicted octanol–water partition coefficient (Wildman–Crippen LogP) is 2.67. The molecule has 0 atom stereocenters. The van der Waals surface area contributed by atoms with E-state index in [1.54, 1.807) is 25.3 Å². The number of methoxy groups -OCH3 is 1. The summed E-state index contributed by atoms with van der Waals surface area (Å²) in [6, 6.07) is 9.42. The molecule has 0 unspecified atom stereocenters. The van der Waals surface area contributed by atoms with E-state index in [2.05, 4.69) is 5.32 Å². The summed E-state index contributed by atoms with van der Waals surface area (Å²) < 4.78 is 7.12. The molecule has 0 aliphatic heterocycles. The van der Waals surface area contributed by atoms with Crippen molar-refractivity contribution in [2.45, 2.75) is 18.9 Å². The van der Waals surface area contributed by atoms with E-state index in [0.29, 0.717) is 28.9 Å². The Morgan fingerprint density at radius 3 is 2.85 bits per heavy atom. The number of benzene rings is 1. The lowest BCUT2D eigenvalue weighted by Gasteiger charge is -2.10. The van der Waals surface area contributed by atoms with Crippen molar-refractivity contribution in [3.63, 3.8) is 0 Å². The minimum Gasteiger partial charge on any atom is -0.495 e. The first-order valence-corrected chi connectivity index (χ1v) is 6.61. The number of hydrogen-bond donors (Lipinski definition) is 2. The summed E-state index contributed by atoms with van der Waals surface area (Å²) in [6.07, 6.45) is 4.24. The molecule has 5 heteroatoms. The molecule has 1 aliphatic carbocycles. The van der Waals surface area contributed by atoms with Gasteiger partial charge in [-0.1, -0.05) is 0 Å². The summed E-state index contributed by atoms with van der Waals surface area (Å²) in [5, 5.41) is 2.86. The molecular formula is C15H17N3O2. The Morgan fingerprint density at radius 2 is 2.20 bits per heavy atom. The molecule has 104 valence electrons. The maximum absolute atomic E-state index is 12.3. The average Bonchev–Trinajstić information content (AvgIpc) is 3.16. The van der Waals surface area contributed by atoms with Crippen LogP contribution in [0.1, 0.15) is 29.4 Å². The molecule has 3 N–H and O–H groups in total. The van der Waals surface area contributed by atoms with Crippen LogP contribution in [0.15, 0.2) is 36.5 Å². The highest BCUT2D eigenvalue weighted by molar-refractivity contribution is 6.03. The lowest BCUT2D eigenvalue weighted by molar-refractivity contribution is 0.101. The molecule has 1 aliphatic rings. The summed E-state index contributed by atoms with van der Waals surface area (Å²) in [6.45, 7) is 0. The van der Waals surface area contributed by atoms with Crippen molar-refractivity contribution >= 4 is 17.3 Å². The molecule has 0 saturated heterocycles. The third kappa shape index (κ3) is 2.34. The number of nitrogens with one attached hydrogen (secondary N) is 1. The van der Waals surface area contributed by atoms with Crippen LogP contribution in [0.5, 0.6) is 5.75 Å². The van der Waals surface area contributed by atoms with E-state index in [1.165, 1.54) is 0 Å². The first-order valence-electron chi connectivity index (χ1n) is 6.61. The third-order valence-electron chi connectivity index (χ3n) is 3.44. The van der Waals surface area contributed by atoms with E-state index in [4.69, 9.17) is 10.5 Å². The van der Waals surface area contributed by atoms with Crippen molar-refractivity contribution < 1.29 is 9.53 Å². The number of anilines is 2. The summed E-state index contributed by atoms with van der Waals surface area (Å²) in [4.78, 5) is 12.3. The SMILES string of the molecule is COc1ccc(NC(=O)c2cccn2C2CC2)cc1N. The van der Waals surface area contributed by atoms with Gasteiger partial charge in [0.1, 0.15) is 11.4 Å². The second-order valence-corrected chi connectivity index (χ2v) is 4.94. The molecule has 1 saturated carbocycles. The highest BCUT2D eigenvalue weighted by atomic mass is 16.5. The lowest BCUT2D eigenvalue weighted by atomic mass is 10.2. The minimum absolute atomic E-state index is 0.119. The van der Waals surface area contributed by atoms with Gasteiger partial charge < -0.3 is 20.4 Å². The number of ether oxygens (including phenoxy) is 1. The van der Waals surface area contributed by atoms with Gasteiger partial charge in [0.2, 0.25) is 0 Å². The molecule has 20 heavy (non-hydrogen) atoms. The quantitative estimate of drug-likeness (QED) is 0.840. The Bertz CT molecular complexity index is 644. The summed E-state index contributed by atoms with van der Waals surface area (Å²) in [7, 11) is 1.56. The van der Waals surface area contributed by atoms with Gasteiger partial charge in [0.15, 0.2) is 0 Å². The van der Waals surface area contributed by atoms with Gasteiger partial charge in [-0.2, -0.15) is 0 Å². The number of nitrogen functional groups attached to an aromatic ring is 1. The van der Waals surface area contributed by atoms with Crippen LogP contribution in [0, 0.1) is 0 Å². The van der Waals surface area contributed by atoms with Crippen LogP contribution in [-0.4, -0.2) is 17.6 Å². The number of rotatable bonds is 4. The summed E-state index contributed by atoms with van der Waals surface area (Å²) in [5.74, 6) is 0.482. The molecule has 0 bridgehead atoms. The second kappa shape index (κ2) is 4.92. The fourth-order valence-corrected chi connectivity index (χ4v) is 2.26. The summed E-state index contributed by atoms with van der Waals surface area (Å²) in [5.41, 5.74) is 7.68. The molecule has 1 aromatic heterocycles. The zero-order chi connectivity index (χ0) is 14.1. The monoisotopic (exact) mass is 271 g/mol. The van der Waals surface area contributed by atoms with Crippen molar-refractivity contribution in [1.29, 1.82) is 0 Å². The molecule has 5 nitrogen and oxygen atoms in total.